The number of rotatable bonds is 4. The second-order valence-electron chi connectivity index (χ2n) is 6.65. The van der Waals surface area contributed by atoms with Crippen LogP contribution in [0.3, 0.4) is 0 Å². The Hall–Kier alpha value is -1.87. The molecule has 0 aromatic heterocycles. The molecule has 6 heteroatoms. The highest BCUT2D eigenvalue weighted by molar-refractivity contribution is 7.36. The number of carbonyl (C=O) groups excluding carboxylic acids is 1. The van der Waals surface area contributed by atoms with Gasteiger partial charge in [-0.15, -0.1) is 8.58 Å². The van der Waals surface area contributed by atoms with Gasteiger partial charge in [-0.2, -0.15) is 5.10 Å². The maximum Gasteiger partial charge on any atom is 0.404 e. The first-order valence-corrected chi connectivity index (χ1v) is 10.6. The molecule has 1 saturated carbocycles. The van der Waals surface area contributed by atoms with Crippen LogP contribution in [0.25, 0.3) is 0 Å². The number of fused-ring (bicyclic) bond motifs is 1. The fraction of sp³-hybridized carbons (Fsp3) is 0.474. The lowest BCUT2D eigenvalue weighted by atomic mass is 9.80. The van der Waals surface area contributed by atoms with Crippen LogP contribution >= 0.6 is 8.58 Å². The van der Waals surface area contributed by atoms with Crippen LogP contribution in [0.2, 0.25) is 0 Å². The molecule has 1 aromatic rings. The summed E-state index contributed by atoms with van der Waals surface area (Å²) in [5.74, 6) is 0.342. The molecule has 25 heavy (non-hydrogen) atoms. The van der Waals surface area contributed by atoms with E-state index in [1.165, 1.54) is 16.7 Å². The molecule has 1 aliphatic carbocycles. The van der Waals surface area contributed by atoms with Crippen molar-refractivity contribution in [1.29, 1.82) is 0 Å². The van der Waals surface area contributed by atoms with Crippen LogP contribution in [-0.2, 0) is 10.9 Å². The van der Waals surface area contributed by atoms with Crippen molar-refractivity contribution in [1.82, 2.24) is 5.43 Å². The molecular weight excluding hydrogens is 333 g/mol. The zero-order valence-electron chi connectivity index (χ0n) is 14.6. The second-order valence-corrected chi connectivity index (χ2v) is 7.71. The molecule has 5 nitrogen and oxygen atoms in total. The summed E-state index contributed by atoms with van der Waals surface area (Å²) in [5, 5.41) is 4.59. The molecule has 2 aliphatic rings. The van der Waals surface area contributed by atoms with Crippen molar-refractivity contribution < 1.29 is 9.53 Å². The van der Waals surface area contributed by atoms with E-state index in [9.17, 15) is 4.79 Å². The standard InChI is InChI=1S/C19H26N3O2P/c1-25-12-13-5-7-14(8-6-13)18-17-4-2-3-16(24-19(20)23)10-9-15(17)11-21-22-18/h5-8,11,16-17,21,25H,2-4,9-10,12H2,1H3,(H2,20,23). The lowest BCUT2D eigenvalue weighted by Gasteiger charge is -2.30. The first kappa shape index (κ1) is 17.9. The maximum absolute atomic E-state index is 11.0. The number of allylic oxidation sites excluding steroid dienone is 1. The number of carbonyl (C=O) groups is 1. The number of hydrogen-bond acceptors (Lipinski definition) is 4. The molecule has 1 amide bonds. The lowest BCUT2D eigenvalue weighted by molar-refractivity contribution is 0.0915. The molecule has 3 unspecified atom stereocenters. The van der Waals surface area contributed by atoms with E-state index in [2.05, 4.69) is 41.5 Å². The van der Waals surface area contributed by atoms with Gasteiger partial charge < -0.3 is 10.5 Å². The highest BCUT2D eigenvalue weighted by atomic mass is 31.1. The molecule has 1 aliphatic heterocycles. The van der Waals surface area contributed by atoms with Gasteiger partial charge >= 0.3 is 6.09 Å². The van der Waals surface area contributed by atoms with Gasteiger partial charge in [0.2, 0.25) is 0 Å². The van der Waals surface area contributed by atoms with Crippen LogP contribution in [0.1, 0.15) is 43.2 Å². The summed E-state index contributed by atoms with van der Waals surface area (Å²) >= 11 is 0. The Kier molecular flexibility index (Phi) is 6.09. The van der Waals surface area contributed by atoms with E-state index in [1.54, 1.807) is 0 Å². The molecule has 3 rings (SSSR count). The van der Waals surface area contributed by atoms with Crippen LogP contribution in [0.4, 0.5) is 4.79 Å². The van der Waals surface area contributed by atoms with Gasteiger partial charge in [-0.05, 0) is 61.6 Å². The number of primary amides is 1. The molecule has 0 bridgehead atoms. The van der Waals surface area contributed by atoms with E-state index in [4.69, 9.17) is 10.5 Å². The van der Waals surface area contributed by atoms with E-state index in [1.807, 2.05) is 6.20 Å². The Morgan fingerprint density at radius 1 is 1.32 bits per heavy atom. The topological polar surface area (TPSA) is 76.7 Å². The van der Waals surface area contributed by atoms with Crippen molar-refractivity contribution in [3.63, 3.8) is 0 Å². The van der Waals surface area contributed by atoms with E-state index < -0.39 is 6.09 Å². The Morgan fingerprint density at radius 3 is 2.84 bits per heavy atom. The Morgan fingerprint density at radius 2 is 2.12 bits per heavy atom. The van der Waals surface area contributed by atoms with Gasteiger partial charge in [-0.1, -0.05) is 24.3 Å². The first-order valence-electron chi connectivity index (χ1n) is 8.89. The molecule has 0 saturated heterocycles. The van der Waals surface area contributed by atoms with Crippen molar-refractivity contribution >= 4 is 20.4 Å². The van der Waals surface area contributed by atoms with Crippen LogP contribution in [0.15, 0.2) is 41.1 Å². The first-order chi connectivity index (χ1) is 12.2. The molecule has 3 N–H and O–H groups in total. The largest absolute Gasteiger partial charge is 0.446 e. The minimum atomic E-state index is -0.673. The number of nitrogens with two attached hydrogens (primary N) is 1. The summed E-state index contributed by atoms with van der Waals surface area (Å²) in [7, 11) is 0.936. The Bertz CT molecular complexity index is 670. The third-order valence-corrected chi connectivity index (χ3v) is 5.66. The monoisotopic (exact) mass is 359 g/mol. The van der Waals surface area contributed by atoms with E-state index >= 15 is 0 Å². The van der Waals surface area contributed by atoms with Crippen LogP contribution in [-0.4, -0.2) is 24.6 Å². The number of hydrogen-bond donors (Lipinski definition) is 2. The molecular formula is C19H26N3O2P. The summed E-state index contributed by atoms with van der Waals surface area (Å²) < 4.78 is 5.22. The lowest BCUT2D eigenvalue weighted by Crippen LogP contribution is -2.30. The van der Waals surface area contributed by atoms with Crippen molar-refractivity contribution in [2.24, 2.45) is 16.8 Å². The Balaban J connectivity index is 1.72. The zero-order valence-corrected chi connectivity index (χ0v) is 15.6. The minimum Gasteiger partial charge on any atom is -0.446 e. The minimum absolute atomic E-state index is 0.0733. The van der Waals surface area contributed by atoms with E-state index in [-0.39, 0.29) is 6.10 Å². The van der Waals surface area contributed by atoms with Gasteiger partial charge in [0.25, 0.3) is 0 Å². The molecule has 1 aromatic carbocycles. The van der Waals surface area contributed by atoms with Crippen molar-refractivity contribution in [2.45, 2.75) is 44.4 Å². The second kappa shape index (κ2) is 8.48. The number of nitrogens with zero attached hydrogens (tertiary/aromatic N) is 1. The predicted molar refractivity (Wildman–Crippen MR) is 103 cm³/mol. The highest BCUT2D eigenvalue weighted by Crippen LogP contribution is 2.33. The summed E-state index contributed by atoms with van der Waals surface area (Å²) in [6.45, 7) is 2.23. The van der Waals surface area contributed by atoms with E-state index in [0.29, 0.717) is 5.92 Å². The summed E-state index contributed by atoms with van der Waals surface area (Å²) in [6, 6.07) is 8.81. The summed E-state index contributed by atoms with van der Waals surface area (Å²) in [6.07, 6.45) is 6.98. The smallest absolute Gasteiger partial charge is 0.404 e. The van der Waals surface area contributed by atoms with Crippen molar-refractivity contribution in [3.05, 3.63) is 47.2 Å². The fourth-order valence-corrected chi connectivity index (χ4v) is 4.32. The van der Waals surface area contributed by atoms with Gasteiger partial charge in [0.1, 0.15) is 6.10 Å². The number of hydrazone groups is 1. The van der Waals surface area contributed by atoms with E-state index in [0.717, 1.165) is 52.6 Å². The van der Waals surface area contributed by atoms with Gasteiger partial charge in [0.05, 0.1) is 5.71 Å². The SMILES string of the molecule is CPCc1ccc(C2=NNC=C3CCC(OC(N)=O)CCCC32)cc1. The highest BCUT2D eigenvalue weighted by Gasteiger charge is 2.28. The molecule has 1 fully saturated rings. The average molecular weight is 359 g/mol. The van der Waals surface area contributed by atoms with Crippen LogP contribution in [0.5, 0.6) is 0 Å². The molecule has 134 valence electrons. The number of amides is 1. The fourth-order valence-electron chi connectivity index (χ4n) is 3.67. The molecule has 0 radical (unpaired) electrons. The van der Waals surface area contributed by atoms with Crippen molar-refractivity contribution in [2.75, 3.05) is 6.66 Å². The van der Waals surface area contributed by atoms with Crippen LogP contribution in [0, 0.1) is 5.92 Å². The molecule has 3 atom stereocenters. The third kappa shape index (κ3) is 4.60. The third-order valence-electron chi connectivity index (χ3n) is 4.90. The average Bonchev–Trinajstić information content (AvgIpc) is 2.58. The quantitative estimate of drug-likeness (QED) is 0.804. The predicted octanol–water partition coefficient (Wildman–Crippen LogP) is 3.73. The Labute approximate surface area is 150 Å². The van der Waals surface area contributed by atoms with Crippen LogP contribution < -0.4 is 11.2 Å². The molecule has 0 spiro atoms. The van der Waals surface area contributed by atoms with Gasteiger partial charge in [-0.3, -0.25) is 5.43 Å². The number of ether oxygens (including phenoxy) is 1. The van der Waals surface area contributed by atoms with Gasteiger partial charge in [-0.25, -0.2) is 4.79 Å². The summed E-state index contributed by atoms with van der Waals surface area (Å²) in [4.78, 5) is 11.0. The summed E-state index contributed by atoms with van der Waals surface area (Å²) in [5.41, 5.74) is 13.3. The maximum atomic E-state index is 11.0. The zero-order chi connectivity index (χ0) is 17.6. The van der Waals surface area contributed by atoms with Gasteiger partial charge in [0, 0.05) is 12.1 Å². The van der Waals surface area contributed by atoms with Crippen molar-refractivity contribution in [3.8, 4) is 0 Å². The molecule has 1 heterocycles. The normalized spacial score (nSPS) is 23.7. The van der Waals surface area contributed by atoms with Gasteiger partial charge in [0.15, 0.2) is 0 Å². The number of benzene rings is 1. The number of nitrogens with one attached hydrogen (secondary N) is 1.